The third-order valence-corrected chi connectivity index (χ3v) is 3.74. The number of aliphatic carboxylic acids is 1. The van der Waals surface area contributed by atoms with Crippen LogP contribution in [0.2, 0.25) is 5.02 Å². The molecule has 8 nitrogen and oxygen atoms in total. The molecule has 0 unspecified atom stereocenters. The van der Waals surface area contributed by atoms with Crippen LogP contribution in [0.4, 0.5) is 11.4 Å². The van der Waals surface area contributed by atoms with Crippen LogP contribution in [0.5, 0.6) is 0 Å². The number of benzene rings is 1. The summed E-state index contributed by atoms with van der Waals surface area (Å²) >= 11 is 5.69. The summed E-state index contributed by atoms with van der Waals surface area (Å²) in [6.45, 7) is 0.457. The van der Waals surface area contributed by atoms with Crippen LogP contribution in [0, 0.1) is 10.1 Å². The number of anilines is 1. The van der Waals surface area contributed by atoms with Gasteiger partial charge < -0.3 is 10.4 Å². The minimum absolute atomic E-state index is 0.0199. The molecule has 0 bridgehead atoms. The van der Waals surface area contributed by atoms with Crippen LogP contribution in [0.1, 0.15) is 12.8 Å². The third kappa shape index (κ3) is 3.71. The number of halogens is 1. The van der Waals surface area contributed by atoms with Crippen LogP contribution in [0.15, 0.2) is 18.2 Å². The van der Waals surface area contributed by atoms with E-state index in [1.807, 2.05) is 0 Å². The molecule has 0 saturated carbocycles. The van der Waals surface area contributed by atoms with E-state index in [9.17, 15) is 19.7 Å². The van der Waals surface area contributed by atoms with Gasteiger partial charge in [0.2, 0.25) is 5.91 Å². The van der Waals surface area contributed by atoms with Crippen molar-refractivity contribution in [1.82, 2.24) is 4.90 Å². The van der Waals surface area contributed by atoms with Crippen molar-refractivity contribution in [3.63, 3.8) is 0 Å². The lowest BCUT2D eigenvalue weighted by molar-refractivity contribution is -0.384. The van der Waals surface area contributed by atoms with Crippen molar-refractivity contribution in [2.24, 2.45) is 0 Å². The van der Waals surface area contributed by atoms with Gasteiger partial charge in [0.25, 0.3) is 5.69 Å². The fraction of sp³-hybridized carbons (Fsp3) is 0.385. The number of amides is 1. The SMILES string of the molecule is O=C(CN1CCC[C@@H]1C(=O)O)Nc1ccc(Cl)c([N+](=O)[O-])c1. The van der Waals surface area contributed by atoms with Crippen LogP contribution in [-0.2, 0) is 9.59 Å². The molecule has 1 aromatic rings. The molecule has 1 atom stereocenters. The lowest BCUT2D eigenvalue weighted by Gasteiger charge is -2.20. The van der Waals surface area contributed by atoms with Gasteiger partial charge in [0.1, 0.15) is 11.1 Å². The molecule has 118 valence electrons. The van der Waals surface area contributed by atoms with E-state index in [-0.39, 0.29) is 22.9 Å². The van der Waals surface area contributed by atoms with Crippen LogP contribution in [0.3, 0.4) is 0 Å². The zero-order valence-corrected chi connectivity index (χ0v) is 12.2. The van der Waals surface area contributed by atoms with E-state index in [4.69, 9.17) is 16.7 Å². The van der Waals surface area contributed by atoms with Crippen molar-refractivity contribution in [2.45, 2.75) is 18.9 Å². The number of nitrogens with one attached hydrogen (secondary N) is 1. The van der Waals surface area contributed by atoms with Gasteiger partial charge in [-0.2, -0.15) is 0 Å². The first-order valence-electron chi connectivity index (χ1n) is 6.59. The molecule has 2 N–H and O–H groups in total. The molecule has 1 aliphatic heterocycles. The van der Waals surface area contributed by atoms with Crippen molar-refractivity contribution >= 4 is 34.9 Å². The summed E-state index contributed by atoms with van der Waals surface area (Å²) in [7, 11) is 0. The zero-order valence-electron chi connectivity index (χ0n) is 11.5. The van der Waals surface area contributed by atoms with Crippen LogP contribution in [-0.4, -0.2) is 45.9 Å². The van der Waals surface area contributed by atoms with E-state index in [2.05, 4.69) is 5.32 Å². The number of hydrogen-bond acceptors (Lipinski definition) is 5. The summed E-state index contributed by atoms with van der Waals surface area (Å²) in [5.74, 6) is -1.38. The van der Waals surface area contributed by atoms with Crippen molar-refractivity contribution < 1.29 is 19.6 Å². The van der Waals surface area contributed by atoms with Gasteiger partial charge in [-0.25, -0.2) is 0 Å². The number of rotatable bonds is 5. The molecule has 0 spiro atoms. The van der Waals surface area contributed by atoms with Gasteiger partial charge in [-0.15, -0.1) is 0 Å². The van der Waals surface area contributed by atoms with E-state index in [1.165, 1.54) is 18.2 Å². The number of nitrogens with zero attached hydrogens (tertiary/aromatic N) is 2. The van der Waals surface area contributed by atoms with Crippen LogP contribution in [0.25, 0.3) is 0 Å². The Kier molecular flexibility index (Phi) is 4.94. The predicted octanol–water partition coefficient (Wildman–Crippen LogP) is 1.74. The Morgan fingerprint density at radius 1 is 1.50 bits per heavy atom. The Bertz CT molecular complexity index is 622. The van der Waals surface area contributed by atoms with E-state index in [0.717, 1.165) is 6.42 Å². The first kappa shape index (κ1) is 16.2. The van der Waals surface area contributed by atoms with Crippen LogP contribution < -0.4 is 5.32 Å². The molecule has 0 aliphatic carbocycles. The average Bonchev–Trinajstić information content (AvgIpc) is 2.88. The third-order valence-electron chi connectivity index (χ3n) is 3.42. The highest BCUT2D eigenvalue weighted by atomic mass is 35.5. The first-order valence-corrected chi connectivity index (χ1v) is 6.97. The van der Waals surface area contributed by atoms with Gasteiger partial charge in [-0.3, -0.25) is 24.6 Å². The number of nitro benzene ring substituents is 1. The summed E-state index contributed by atoms with van der Waals surface area (Å²) in [5.41, 5.74) is -0.0591. The normalized spacial score (nSPS) is 18.1. The predicted molar refractivity (Wildman–Crippen MR) is 79.0 cm³/mol. The van der Waals surface area contributed by atoms with Gasteiger partial charge in [0.15, 0.2) is 0 Å². The van der Waals surface area contributed by atoms with Crippen LogP contribution >= 0.6 is 11.6 Å². The molecule has 1 heterocycles. The van der Waals surface area contributed by atoms with Gasteiger partial charge >= 0.3 is 5.97 Å². The number of nitro groups is 1. The topological polar surface area (TPSA) is 113 Å². The van der Waals surface area contributed by atoms with Gasteiger partial charge in [-0.1, -0.05) is 11.6 Å². The smallest absolute Gasteiger partial charge is 0.320 e. The molecule has 1 amide bonds. The molecule has 0 radical (unpaired) electrons. The fourth-order valence-corrected chi connectivity index (χ4v) is 2.60. The minimum atomic E-state index is -0.951. The minimum Gasteiger partial charge on any atom is -0.480 e. The lowest BCUT2D eigenvalue weighted by Crippen LogP contribution is -2.40. The Morgan fingerprint density at radius 2 is 2.23 bits per heavy atom. The quantitative estimate of drug-likeness (QED) is 0.629. The summed E-state index contributed by atoms with van der Waals surface area (Å²) in [5, 5.41) is 22.3. The molecule has 1 aromatic carbocycles. The molecule has 22 heavy (non-hydrogen) atoms. The van der Waals surface area contributed by atoms with E-state index in [0.29, 0.717) is 13.0 Å². The average molecular weight is 328 g/mol. The monoisotopic (exact) mass is 327 g/mol. The van der Waals surface area contributed by atoms with E-state index in [1.54, 1.807) is 4.90 Å². The fourth-order valence-electron chi connectivity index (χ4n) is 2.41. The number of likely N-dealkylation sites (tertiary alicyclic amines) is 1. The van der Waals surface area contributed by atoms with Crippen molar-refractivity contribution in [1.29, 1.82) is 0 Å². The van der Waals surface area contributed by atoms with Gasteiger partial charge in [-0.05, 0) is 31.5 Å². The second kappa shape index (κ2) is 6.71. The molecular formula is C13H14ClN3O5. The summed E-state index contributed by atoms with van der Waals surface area (Å²) in [6, 6.07) is 3.28. The standard InChI is InChI=1S/C13H14ClN3O5/c14-9-4-3-8(6-11(9)17(21)22)15-12(18)7-16-5-1-2-10(16)13(19)20/h3-4,6,10H,1-2,5,7H2,(H,15,18)(H,19,20)/t10-/m1/s1. The van der Waals surface area contributed by atoms with E-state index >= 15 is 0 Å². The molecular weight excluding hydrogens is 314 g/mol. The Balaban J connectivity index is 2.02. The maximum Gasteiger partial charge on any atom is 0.320 e. The molecule has 1 aliphatic rings. The molecule has 9 heteroatoms. The Labute approximate surface area is 130 Å². The summed E-state index contributed by atoms with van der Waals surface area (Å²) in [6.07, 6.45) is 1.23. The molecule has 1 fully saturated rings. The van der Waals surface area contributed by atoms with Gasteiger partial charge in [0.05, 0.1) is 11.5 Å². The van der Waals surface area contributed by atoms with Crippen molar-refractivity contribution in [2.75, 3.05) is 18.4 Å². The van der Waals surface area contributed by atoms with E-state index < -0.39 is 22.8 Å². The maximum atomic E-state index is 12.0. The number of carboxylic acids is 1. The zero-order chi connectivity index (χ0) is 16.3. The second-order valence-corrected chi connectivity index (χ2v) is 5.35. The maximum absolute atomic E-state index is 12.0. The molecule has 1 saturated heterocycles. The first-order chi connectivity index (χ1) is 10.4. The highest BCUT2D eigenvalue weighted by Gasteiger charge is 2.31. The highest BCUT2D eigenvalue weighted by Crippen LogP contribution is 2.27. The van der Waals surface area contributed by atoms with Gasteiger partial charge in [0, 0.05) is 11.8 Å². The number of carbonyl (C=O) groups is 2. The summed E-state index contributed by atoms with van der Waals surface area (Å²) < 4.78 is 0. The largest absolute Gasteiger partial charge is 0.480 e. The molecule has 0 aromatic heterocycles. The second-order valence-electron chi connectivity index (χ2n) is 4.94. The Hall–Kier alpha value is -2.19. The Morgan fingerprint density at radius 3 is 2.86 bits per heavy atom. The number of hydrogen-bond donors (Lipinski definition) is 2. The van der Waals surface area contributed by atoms with Crippen molar-refractivity contribution in [3.05, 3.63) is 33.3 Å². The number of carbonyl (C=O) groups excluding carboxylic acids is 1. The van der Waals surface area contributed by atoms with Crippen molar-refractivity contribution in [3.8, 4) is 0 Å². The lowest BCUT2D eigenvalue weighted by atomic mass is 10.2. The highest BCUT2D eigenvalue weighted by molar-refractivity contribution is 6.32. The molecule has 2 rings (SSSR count). The number of carboxylic acid groups (broad SMARTS) is 1. The summed E-state index contributed by atoms with van der Waals surface area (Å²) in [4.78, 5) is 34.7.